The normalized spacial score (nSPS) is 15.4. The third-order valence-electron chi connectivity index (χ3n) is 4.32. The molecule has 0 aliphatic heterocycles. The monoisotopic (exact) mass is 314 g/mol. The average molecular weight is 314 g/mol. The predicted molar refractivity (Wildman–Crippen MR) is 90.3 cm³/mol. The van der Waals surface area contributed by atoms with E-state index in [-0.39, 0.29) is 0 Å². The number of aromatic nitrogens is 3. The van der Waals surface area contributed by atoms with E-state index in [1.165, 1.54) is 31.2 Å². The van der Waals surface area contributed by atoms with Crippen molar-refractivity contribution in [1.29, 1.82) is 0 Å². The maximum absolute atomic E-state index is 6.06. The van der Waals surface area contributed by atoms with Crippen molar-refractivity contribution >= 4 is 0 Å². The zero-order valence-electron chi connectivity index (χ0n) is 14.0. The molecule has 23 heavy (non-hydrogen) atoms. The minimum atomic E-state index is 0.380. The van der Waals surface area contributed by atoms with Crippen LogP contribution in [0.5, 0.6) is 5.75 Å². The fourth-order valence-electron chi connectivity index (χ4n) is 3.07. The van der Waals surface area contributed by atoms with Gasteiger partial charge in [0.05, 0.1) is 12.6 Å². The summed E-state index contributed by atoms with van der Waals surface area (Å²) in [5, 5.41) is 11.6. The Morgan fingerprint density at radius 3 is 2.87 bits per heavy atom. The molecule has 0 radical (unpaired) electrons. The highest BCUT2D eigenvalue weighted by molar-refractivity contribution is 5.28. The van der Waals surface area contributed by atoms with Crippen LogP contribution in [0.25, 0.3) is 0 Å². The molecule has 1 aromatic heterocycles. The molecule has 1 aromatic carbocycles. The Morgan fingerprint density at radius 2 is 2.09 bits per heavy atom. The molecule has 1 fully saturated rings. The van der Waals surface area contributed by atoms with Gasteiger partial charge in [-0.15, -0.1) is 10.2 Å². The van der Waals surface area contributed by atoms with Crippen LogP contribution in [0.4, 0.5) is 0 Å². The summed E-state index contributed by atoms with van der Waals surface area (Å²) in [6.07, 6.45) is 7.16. The highest BCUT2D eigenvalue weighted by atomic mass is 16.5. The van der Waals surface area contributed by atoms with Gasteiger partial charge in [-0.2, -0.15) is 0 Å². The molecule has 2 aromatic rings. The molecule has 5 heteroatoms. The third kappa shape index (κ3) is 4.32. The molecule has 1 aliphatic carbocycles. The molecule has 1 saturated carbocycles. The van der Waals surface area contributed by atoms with Crippen molar-refractivity contribution in [3.63, 3.8) is 0 Å². The highest BCUT2D eigenvalue weighted by Gasteiger charge is 2.16. The maximum Gasteiger partial charge on any atom is 0.147 e. The second-order valence-electron chi connectivity index (χ2n) is 6.52. The van der Waals surface area contributed by atoms with Gasteiger partial charge in [-0.3, -0.25) is 0 Å². The van der Waals surface area contributed by atoms with Crippen molar-refractivity contribution in [2.24, 2.45) is 0 Å². The van der Waals surface area contributed by atoms with Crippen molar-refractivity contribution in [3.8, 4) is 5.75 Å². The summed E-state index contributed by atoms with van der Waals surface area (Å²) in [7, 11) is 0. The largest absolute Gasteiger partial charge is 0.490 e. The molecule has 5 nitrogen and oxygen atoms in total. The van der Waals surface area contributed by atoms with Crippen molar-refractivity contribution in [3.05, 3.63) is 42.0 Å². The summed E-state index contributed by atoms with van der Waals surface area (Å²) < 4.78 is 8.15. The topological polar surface area (TPSA) is 52.0 Å². The Balaban J connectivity index is 1.52. The minimum absolute atomic E-state index is 0.380. The van der Waals surface area contributed by atoms with E-state index in [1.807, 2.05) is 0 Å². The Labute approximate surface area is 138 Å². The van der Waals surface area contributed by atoms with E-state index in [1.54, 1.807) is 6.33 Å². The van der Waals surface area contributed by atoms with Crippen molar-refractivity contribution < 1.29 is 4.74 Å². The standard InChI is InChI=1S/C18H26N4O/c1-14(2)22-13-20-21-18(22)12-19-11-15-6-5-9-17(10-15)23-16-7-3-4-8-16/h5-6,9-10,13-14,16,19H,3-4,7-8,11-12H2,1-2H3. The lowest BCUT2D eigenvalue weighted by molar-refractivity contribution is 0.210. The Hall–Kier alpha value is -1.88. The summed E-state index contributed by atoms with van der Waals surface area (Å²) in [5.74, 6) is 1.96. The van der Waals surface area contributed by atoms with Gasteiger partial charge in [0.2, 0.25) is 0 Å². The number of nitrogens with zero attached hydrogens (tertiary/aromatic N) is 3. The fourth-order valence-corrected chi connectivity index (χ4v) is 3.07. The van der Waals surface area contributed by atoms with Crippen LogP contribution in [-0.4, -0.2) is 20.9 Å². The molecule has 0 amide bonds. The van der Waals surface area contributed by atoms with E-state index in [0.717, 1.165) is 18.1 Å². The van der Waals surface area contributed by atoms with E-state index in [9.17, 15) is 0 Å². The Kier molecular flexibility index (Phi) is 5.28. The van der Waals surface area contributed by atoms with E-state index >= 15 is 0 Å². The fraction of sp³-hybridized carbons (Fsp3) is 0.556. The second-order valence-corrected chi connectivity index (χ2v) is 6.52. The van der Waals surface area contributed by atoms with Gasteiger partial charge in [-0.05, 0) is 57.2 Å². The lowest BCUT2D eigenvalue weighted by Gasteiger charge is -2.14. The SMILES string of the molecule is CC(C)n1cnnc1CNCc1cccc(OC2CCCC2)c1. The molecule has 3 rings (SSSR count). The van der Waals surface area contributed by atoms with Crippen LogP contribution in [0.1, 0.15) is 57.0 Å². The molecular weight excluding hydrogens is 288 g/mol. The summed E-state index contributed by atoms with van der Waals surface area (Å²) in [6.45, 7) is 5.78. The smallest absolute Gasteiger partial charge is 0.147 e. The van der Waals surface area contributed by atoms with E-state index < -0.39 is 0 Å². The number of nitrogens with one attached hydrogen (secondary N) is 1. The van der Waals surface area contributed by atoms with Gasteiger partial charge in [0.25, 0.3) is 0 Å². The van der Waals surface area contributed by atoms with Crippen molar-refractivity contribution in [1.82, 2.24) is 20.1 Å². The van der Waals surface area contributed by atoms with Crippen LogP contribution in [0.2, 0.25) is 0 Å². The van der Waals surface area contributed by atoms with Crippen LogP contribution >= 0.6 is 0 Å². The highest BCUT2D eigenvalue weighted by Crippen LogP contribution is 2.24. The molecule has 1 N–H and O–H groups in total. The first-order chi connectivity index (χ1) is 11.2. The van der Waals surface area contributed by atoms with E-state index in [4.69, 9.17) is 4.74 Å². The number of ether oxygens (including phenoxy) is 1. The summed E-state index contributed by atoms with van der Waals surface area (Å²) >= 11 is 0. The average Bonchev–Trinajstić information content (AvgIpc) is 3.19. The first-order valence-electron chi connectivity index (χ1n) is 8.57. The molecule has 1 heterocycles. The van der Waals surface area contributed by atoms with Gasteiger partial charge in [0, 0.05) is 12.6 Å². The number of benzene rings is 1. The summed E-state index contributed by atoms with van der Waals surface area (Å²) in [6, 6.07) is 8.76. The lowest BCUT2D eigenvalue weighted by atomic mass is 10.2. The van der Waals surface area contributed by atoms with Gasteiger partial charge >= 0.3 is 0 Å². The molecule has 124 valence electrons. The summed E-state index contributed by atoms with van der Waals surface area (Å²) in [4.78, 5) is 0. The first-order valence-corrected chi connectivity index (χ1v) is 8.57. The molecule has 0 atom stereocenters. The van der Waals surface area contributed by atoms with Gasteiger partial charge < -0.3 is 14.6 Å². The molecule has 0 bridgehead atoms. The molecular formula is C18H26N4O. The molecule has 0 unspecified atom stereocenters. The number of hydrogen-bond acceptors (Lipinski definition) is 4. The van der Waals surface area contributed by atoms with Crippen LogP contribution in [-0.2, 0) is 13.1 Å². The van der Waals surface area contributed by atoms with Crippen molar-refractivity contribution in [2.45, 2.75) is 64.8 Å². The zero-order chi connectivity index (χ0) is 16.1. The molecule has 0 saturated heterocycles. The minimum Gasteiger partial charge on any atom is -0.490 e. The summed E-state index contributed by atoms with van der Waals surface area (Å²) in [5.41, 5.74) is 1.23. The second kappa shape index (κ2) is 7.59. The predicted octanol–water partition coefficient (Wildman–Crippen LogP) is 3.47. The molecule has 0 spiro atoms. The van der Waals surface area contributed by atoms with Crippen LogP contribution in [0.15, 0.2) is 30.6 Å². The number of rotatable bonds is 7. The van der Waals surface area contributed by atoms with Gasteiger partial charge in [0.1, 0.15) is 17.9 Å². The van der Waals surface area contributed by atoms with Crippen molar-refractivity contribution in [2.75, 3.05) is 0 Å². The Morgan fingerprint density at radius 1 is 1.26 bits per heavy atom. The lowest BCUT2D eigenvalue weighted by Crippen LogP contribution is -2.17. The van der Waals surface area contributed by atoms with Crippen LogP contribution < -0.4 is 10.1 Å². The van der Waals surface area contributed by atoms with Crippen LogP contribution in [0, 0.1) is 0 Å². The van der Waals surface area contributed by atoms with Crippen LogP contribution in [0.3, 0.4) is 0 Å². The van der Waals surface area contributed by atoms with Gasteiger partial charge in [0.15, 0.2) is 0 Å². The van der Waals surface area contributed by atoms with E-state index in [2.05, 4.69) is 58.2 Å². The van der Waals surface area contributed by atoms with Gasteiger partial charge in [-0.25, -0.2) is 0 Å². The molecule has 1 aliphatic rings. The quantitative estimate of drug-likeness (QED) is 0.850. The zero-order valence-corrected chi connectivity index (χ0v) is 14.0. The maximum atomic E-state index is 6.06. The number of hydrogen-bond donors (Lipinski definition) is 1. The third-order valence-corrected chi connectivity index (χ3v) is 4.32. The first kappa shape index (κ1) is 16.0. The van der Waals surface area contributed by atoms with Gasteiger partial charge in [-0.1, -0.05) is 12.1 Å². The Bertz CT molecular complexity index is 617. The van der Waals surface area contributed by atoms with E-state index in [0.29, 0.717) is 18.7 Å².